The molecule has 2 aromatic rings. The number of nitrogens with one attached hydrogen (secondary N) is 1. The van der Waals surface area contributed by atoms with Crippen LogP contribution in [0.4, 0.5) is 5.69 Å². The molecule has 1 aromatic heterocycles. The molecule has 6 nitrogen and oxygen atoms in total. The number of amides is 2. The lowest BCUT2D eigenvalue weighted by molar-refractivity contribution is -0.121. The number of rotatable bonds is 6. The number of benzene rings is 1. The van der Waals surface area contributed by atoms with Crippen LogP contribution >= 0.6 is 0 Å². The second-order valence-corrected chi connectivity index (χ2v) is 6.75. The number of piperidine rings is 1. The highest BCUT2D eigenvalue weighted by Gasteiger charge is 2.19. The lowest BCUT2D eigenvalue weighted by Gasteiger charge is -2.27. The third kappa shape index (κ3) is 4.31. The van der Waals surface area contributed by atoms with Crippen LogP contribution in [0, 0.1) is 13.8 Å². The molecule has 0 saturated carbocycles. The molecule has 138 valence electrons. The Morgan fingerprint density at radius 3 is 2.88 bits per heavy atom. The predicted molar refractivity (Wildman–Crippen MR) is 98.8 cm³/mol. The molecule has 0 radical (unpaired) electrons. The second kappa shape index (κ2) is 8.17. The van der Waals surface area contributed by atoms with E-state index in [1.165, 1.54) is 0 Å². The van der Waals surface area contributed by atoms with Gasteiger partial charge in [-0.2, -0.15) is 0 Å². The standard InChI is InChI=1S/C20H25N3O3/c1-14-18(15(2)26-22-14)9-10-19(24)21-13-16-6-5-7-17(12-16)23-11-4-3-8-20(23)25/h5-7,12H,3-4,8-11,13H2,1-2H3,(H,21,24). The highest BCUT2D eigenvalue weighted by atomic mass is 16.5. The van der Waals surface area contributed by atoms with Crippen molar-refractivity contribution in [3.8, 4) is 0 Å². The molecule has 0 aliphatic carbocycles. The second-order valence-electron chi connectivity index (χ2n) is 6.75. The first-order valence-electron chi connectivity index (χ1n) is 9.12. The van der Waals surface area contributed by atoms with Crippen molar-refractivity contribution >= 4 is 17.5 Å². The monoisotopic (exact) mass is 355 g/mol. The van der Waals surface area contributed by atoms with E-state index in [2.05, 4.69) is 10.5 Å². The van der Waals surface area contributed by atoms with Gasteiger partial charge in [0.05, 0.1) is 5.69 Å². The highest BCUT2D eigenvalue weighted by molar-refractivity contribution is 5.94. The molecule has 26 heavy (non-hydrogen) atoms. The number of aromatic nitrogens is 1. The normalized spacial score (nSPS) is 14.5. The van der Waals surface area contributed by atoms with Crippen LogP contribution in [0.25, 0.3) is 0 Å². The van der Waals surface area contributed by atoms with E-state index in [-0.39, 0.29) is 11.8 Å². The third-order valence-corrected chi connectivity index (χ3v) is 4.82. The lowest BCUT2D eigenvalue weighted by atomic mass is 10.1. The van der Waals surface area contributed by atoms with Crippen molar-refractivity contribution in [2.45, 2.75) is 52.5 Å². The molecule has 1 aliphatic heterocycles. The first-order valence-corrected chi connectivity index (χ1v) is 9.12. The van der Waals surface area contributed by atoms with Crippen LogP contribution in [0.1, 0.15) is 48.3 Å². The van der Waals surface area contributed by atoms with E-state index >= 15 is 0 Å². The highest BCUT2D eigenvalue weighted by Crippen LogP contribution is 2.22. The van der Waals surface area contributed by atoms with Crippen molar-refractivity contribution in [1.29, 1.82) is 0 Å². The van der Waals surface area contributed by atoms with Crippen LogP contribution < -0.4 is 10.2 Å². The number of anilines is 1. The molecule has 0 atom stereocenters. The molecule has 0 spiro atoms. The average Bonchev–Trinajstić information content (AvgIpc) is 2.97. The number of hydrogen-bond donors (Lipinski definition) is 1. The van der Waals surface area contributed by atoms with Gasteiger partial charge in [-0.25, -0.2) is 0 Å². The van der Waals surface area contributed by atoms with Crippen molar-refractivity contribution in [3.63, 3.8) is 0 Å². The first kappa shape index (κ1) is 18.2. The van der Waals surface area contributed by atoms with E-state index in [1.807, 2.05) is 43.0 Å². The molecular weight excluding hydrogens is 330 g/mol. The molecule has 1 saturated heterocycles. The Kier molecular flexibility index (Phi) is 5.71. The van der Waals surface area contributed by atoms with E-state index in [0.717, 1.165) is 47.7 Å². The van der Waals surface area contributed by atoms with E-state index in [0.29, 0.717) is 25.8 Å². The Hall–Kier alpha value is -2.63. The summed E-state index contributed by atoms with van der Waals surface area (Å²) in [5.74, 6) is 0.940. The van der Waals surface area contributed by atoms with Gasteiger partial charge in [0.1, 0.15) is 5.76 Å². The van der Waals surface area contributed by atoms with Gasteiger partial charge in [-0.15, -0.1) is 0 Å². The molecule has 0 bridgehead atoms. The summed E-state index contributed by atoms with van der Waals surface area (Å²) >= 11 is 0. The van der Waals surface area contributed by atoms with Crippen LogP contribution in [0.2, 0.25) is 0 Å². The number of hydrogen-bond acceptors (Lipinski definition) is 4. The molecule has 3 rings (SSSR count). The van der Waals surface area contributed by atoms with Crippen molar-refractivity contribution in [2.75, 3.05) is 11.4 Å². The number of carbonyl (C=O) groups excluding carboxylic acids is 2. The smallest absolute Gasteiger partial charge is 0.226 e. The van der Waals surface area contributed by atoms with Gasteiger partial charge in [0, 0.05) is 37.2 Å². The number of carbonyl (C=O) groups is 2. The van der Waals surface area contributed by atoms with E-state index < -0.39 is 0 Å². The van der Waals surface area contributed by atoms with Gasteiger partial charge in [0.15, 0.2) is 0 Å². The van der Waals surface area contributed by atoms with Crippen LogP contribution in [0.3, 0.4) is 0 Å². The molecular formula is C20H25N3O3. The maximum atomic E-state index is 12.1. The molecule has 2 heterocycles. The minimum atomic E-state index is -0.00977. The minimum absolute atomic E-state index is 0.00977. The summed E-state index contributed by atoms with van der Waals surface area (Å²) in [7, 11) is 0. The fraction of sp³-hybridized carbons (Fsp3) is 0.450. The minimum Gasteiger partial charge on any atom is -0.361 e. The lowest BCUT2D eigenvalue weighted by Crippen LogP contribution is -2.35. The molecule has 6 heteroatoms. The zero-order valence-electron chi connectivity index (χ0n) is 15.4. The summed E-state index contributed by atoms with van der Waals surface area (Å²) in [6.07, 6.45) is 3.63. The number of nitrogens with zero attached hydrogens (tertiary/aromatic N) is 2. The molecule has 1 aliphatic rings. The Morgan fingerprint density at radius 2 is 2.15 bits per heavy atom. The molecule has 2 amide bonds. The average molecular weight is 355 g/mol. The first-order chi connectivity index (χ1) is 12.5. The summed E-state index contributed by atoms with van der Waals surface area (Å²) in [4.78, 5) is 26.1. The van der Waals surface area contributed by atoms with Crippen molar-refractivity contribution in [1.82, 2.24) is 10.5 Å². The van der Waals surface area contributed by atoms with Gasteiger partial charge in [-0.1, -0.05) is 17.3 Å². The molecule has 1 fully saturated rings. The summed E-state index contributed by atoms with van der Waals surface area (Å²) in [5.41, 5.74) is 3.75. The third-order valence-electron chi connectivity index (χ3n) is 4.82. The summed E-state index contributed by atoms with van der Waals surface area (Å²) in [6.45, 7) is 4.97. The fourth-order valence-corrected chi connectivity index (χ4v) is 3.30. The van der Waals surface area contributed by atoms with E-state index in [9.17, 15) is 9.59 Å². The predicted octanol–water partition coefficient (Wildman–Crippen LogP) is 3.06. The topological polar surface area (TPSA) is 75.4 Å². The van der Waals surface area contributed by atoms with Gasteiger partial charge in [0.2, 0.25) is 11.8 Å². The Labute approximate surface area is 153 Å². The van der Waals surface area contributed by atoms with Gasteiger partial charge < -0.3 is 14.7 Å². The van der Waals surface area contributed by atoms with Crippen LogP contribution in [-0.2, 0) is 22.6 Å². The van der Waals surface area contributed by atoms with Crippen LogP contribution in [0.15, 0.2) is 28.8 Å². The maximum Gasteiger partial charge on any atom is 0.226 e. The Balaban J connectivity index is 1.53. The van der Waals surface area contributed by atoms with Crippen molar-refractivity contribution < 1.29 is 14.1 Å². The van der Waals surface area contributed by atoms with Crippen molar-refractivity contribution in [3.05, 3.63) is 46.8 Å². The van der Waals surface area contributed by atoms with Crippen LogP contribution in [0.5, 0.6) is 0 Å². The van der Waals surface area contributed by atoms with Crippen LogP contribution in [-0.4, -0.2) is 23.5 Å². The number of aryl methyl sites for hydroxylation is 2. The van der Waals surface area contributed by atoms with Gasteiger partial charge >= 0.3 is 0 Å². The summed E-state index contributed by atoms with van der Waals surface area (Å²) in [5, 5.41) is 6.86. The molecule has 1 aromatic carbocycles. The van der Waals surface area contributed by atoms with Gasteiger partial charge in [0.25, 0.3) is 0 Å². The largest absolute Gasteiger partial charge is 0.361 e. The zero-order chi connectivity index (χ0) is 18.5. The zero-order valence-corrected chi connectivity index (χ0v) is 15.4. The van der Waals surface area contributed by atoms with Gasteiger partial charge in [-0.05, 0) is 50.8 Å². The van der Waals surface area contributed by atoms with E-state index in [1.54, 1.807) is 0 Å². The van der Waals surface area contributed by atoms with E-state index in [4.69, 9.17) is 4.52 Å². The molecule has 0 unspecified atom stereocenters. The summed E-state index contributed by atoms with van der Waals surface area (Å²) < 4.78 is 5.12. The van der Waals surface area contributed by atoms with Gasteiger partial charge in [-0.3, -0.25) is 9.59 Å². The SMILES string of the molecule is Cc1noc(C)c1CCC(=O)NCc1cccc(N2CCCCC2=O)c1. The summed E-state index contributed by atoms with van der Waals surface area (Å²) in [6, 6.07) is 7.83. The maximum absolute atomic E-state index is 12.1. The van der Waals surface area contributed by atoms with Crippen molar-refractivity contribution in [2.24, 2.45) is 0 Å². The quantitative estimate of drug-likeness (QED) is 0.864. The fourth-order valence-electron chi connectivity index (χ4n) is 3.30. The Bertz CT molecular complexity index is 778. The molecule has 1 N–H and O–H groups in total. The Morgan fingerprint density at radius 1 is 1.31 bits per heavy atom.